The monoisotopic (exact) mass is 228 g/mol. The van der Waals surface area contributed by atoms with Crippen molar-refractivity contribution in [2.24, 2.45) is 0 Å². The summed E-state index contributed by atoms with van der Waals surface area (Å²) >= 11 is 0. The van der Waals surface area contributed by atoms with Crippen molar-refractivity contribution in [3.8, 4) is 0 Å². The van der Waals surface area contributed by atoms with Crippen LogP contribution in [0, 0.1) is 0 Å². The molecule has 2 heteroatoms. The summed E-state index contributed by atoms with van der Waals surface area (Å²) in [5.74, 6) is 0. The van der Waals surface area contributed by atoms with Crippen molar-refractivity contribution in [2.45, 2.75) is 19.1 Å². The van der Waals surface area contributed by atoms with E-state index < -0.39 is 0 Å². The normalized spacial score (nSPS) is 16.7. The standard InChI is InChI=1S/C15H16O2/c1-2-7-14-12(4-1)5-3-6-13(14)8-9-15-16-10-11-17-15/h1-7,15H,8-11H2. The minimum absolute atomic E-state index is 0.00558. The molecule has 0 aromatic heterocycles. The second kappa shape index (κ2) is 4.86. The van der Waals surface area contributed by atoms with Crippen molar-refractivity contribution in [3.05, 3.63) is 48.0 Å². The predicted molar refractivity (Wildman–Crippen MR) is 68.0 cm³/mol. The van der Waals surface area contributed by atoms with Gasteiger partial charge in [-0.1, -0.05) is 42.5 Å². The minimum Gasteiger partial charge on any atom is -0.350 e. The first-order chi connectivity index (χ1) is 8.43. The minimum atomic E-state index is -0.00558. The summed E-state index contributed by atoms with van der Waals surface area (Å²) in [5, 5.41) is 2.64. The highest BCUT2D eigenvalue weighted by atomic mass is 16.7. The molecule has 1 aliphatic rings. The van der Waals surface area contributed by atoms with Crippen LogP contribution in [-0.2, 0) is 15.9 Å². The van der Waals surface area contributed by atoms with Crippen LogP contribution in [0.25, 0.3) is 10.8 Å². The van der Waals surface area contributed by atoms with Crippen LogP contribution in [0.3, 0.4) is 0 Å². The largest absolute Gasteiger partial charge is 0.350 e. The maximum absolute atomic E-state index is 5.46. The number of aryl methyl sites for hydroxylation is 1. The Kier molecular flexibility index (Phi) is 3.08. The van der Waals surface area contributed by atoms with Gasteiger partial charge in [-0.25, -0.2) is 0 Å². The quantitative estimate of drug-likeness (QED) is 0.803. The van der Waals surface area contributed by atoms with Crippen LogP contribution in [0.4, 0.5) is 0 Å². The SMILES string of the molecule is c1ccc2c(CCC3OCCO3)cccc2c1. The molecule has 0 unspecified atom stereocenters. The average molecular weight is 228 g/mol. The van der Waals surface area contributed by atoms with Crippen molar-refractivity contribution in [1.29, 1.82) is 0 Å². The molecular weight excluding hydrogens is 212 g/mol. The summed E-state index contributed by atoms with van der Waals surface area (Å²) in [6.45, 7) is 1.47. The third-order valence-electron chi connectivity index (χ3n) is 3.22. The fourth-order valence-electron chi connectivity index (χ4n) is 2.36. The average Bonchev–Trinajstić information content (AvgIpc) is 2.89. The first-order valence-electron chi connectivity index (χ1n) is 6.13. The molecule has 0 bridgehead atoms. The molecule has 0 amide bonds. The highest BCUT2D eigenvalue weighted by molar-refractivity contribution is 5.85. The van der Waals surface area contributed by atoms with Gasteiger partial charge in [0.25, 0.3) is 0 Å². The molecule has 0 radical (unpaired) electrons. The number of fused-ring (bicyclic) bond motifs is 1. The molecule has 0 atom stereocenters. The molecule has 17 heavy (non-hydrogen) atoms. The lowest BCUT2D eigenvalue weighted by molar-refractivity contribution is -0.0461. The Morgan fingerprint density at radius 1 is 0.941 bits per heavy atom. The Bertz CT molecular complexity index is 496. The topological polar surface area (TPSA) is 18.5 Å². The molecule has 0 N–H and O–H groups in total. The van der Waals surface area contributed by atoms with Crippen LogP contribution in [0.5, 0.6) is 0 Å². The van der Waals surface area contributed by atoms with Crippen molar-refractivity contribution >= 4 is 10.8 Å². The van der Waals surface area contributed by atoms with Crippen LogP contribution in [0.1, 0.15) is 12.0 Å². The molecule has 2 aromatic rings. The van der Waals surface area contributed by atoms with E-state index in [-0.39, 0.29) is 6.29 Å². The lowest BCUT2D eigenvalue weighted by Crippen LogP contribution is -2.08. The molecule has 1 saturated heterocycles. The first-order valence-corrected chi connectivity index (χ1v) is 6.13. The van der Waals surface area contributed by atoms with Crippen LogP contribution in [0.2, 0.25) is 0 Å². The number of rotatable bonds is 3. The third kappa shape index (κ3) is 2.33. The maximum Gasteiger partial charge on any atom is 0.158 e. The van der Waals surface area contributed by atoms with E-state index in [9.17, 15) is 0 Å². The van der Waals surface area contributed by atoms with Gasteiger partial charge in [-0.2, -0.15) is 0 Å². The molecule has 2 aromatic carbocycles. The molecule has 1 fully saturated rings. The van der Waals surface area contributed by atoms with E-state index in [2.05, 4.69) is 42.5 Å². The third-order valence-corrected chi connectivity index (χ3v) is 3.22. The summed E-state index contributed by atoms with van der Waals surface area (Å²) in [5.41, 5.74) is 1.38. The predicted octanol–water partition coefficient (Wildman–Crippen LogP) is 3.15. The fourth-order valence-corrected chi connectivity index (χ4v) is 2.36. The maximum atomic E-state index is 5.46. The van der Waals surface area contributed by atoms with Crippen LogP contribution in [0.15, 0.2) is 42.5 Å². The van der Waals surface area contributed by atoms with Crippen LogP contribution < -0.4 is 0 Å². The van der Waals surface area contributed by atoms with Crippen LogP contribution in [-0.4, -0.2) is 19.5 Å². The lowest BCUT2D eigenvalue weighted by atomic mass is 10.0. The Morgan fingerprint density at radius 3 is 2.59 bits per heavy atom. The number of hydrogen-bond donors (Lipinski definition) is 0. The van der Waals surface area contributed by atoms with E-state index in [1.54, 1.807) is 0 Å². The molecule has 0 saturated carbocycles. The van der Waals surface area contributed by atoms with Gasteiger partial charge in [0, 0.05) is 6.42 Å². The summed E-state index contributed by atoms with van der Waals surface area (Å²) in [6, 6.07) is 15.0. The summed E-state index contributed by atoms with van der Waals surface area (Å²) in [7, 11) is 0. The van der Waals surface area contributed by atoms with Gasteiger partial charge in [0.1, 0.15) is 0 Å². The second-order valence-corrected chi connectivity index (χ2v) is 4.35. The van der Waals surface area contributed by atoms with Gasteiger partial charge in [-0.3, -0.25) is 0 Å². The molecule has 0 aliphatic carbocycles. The molecular formula is C15H16O2. The number of ether oxygens (including phenoxy) is 2. The van der Waals surface area contributed by atoms with Gasteiger partial charge in [0.15, 0.2) is 6.29 Å². The Morgan fingerprint density at radius 2 is 1.71 bits per heavy atom. The van der Waals surface area contributed by atoms with Crippen LogP contribution >= 0.6 is 0 Å². The van der Waals surface area contributed by atoms with Gasteiger partial charge in [0.2, 0.25) is 0 Å². The van der Waals surface area contributed by atoms with Gasteiger partial charge in [0.05, 0.1) is 13.2 Å². The van der Waals surface area contributed by atoms with Crippen molar-refractivity contribution < 1.29 is 9.47 Å². The van der Waals surface area contributed by atoms with E-state index >= 15 is 0 Å². The highest BCUT2D eigenvalue weighted by Gasteiger charge is 2.15. The van der Waals surface area contributed by atoms with Gasteiger partial charge < -0.3 is 9.47 Å². The zero-order chi connectivity index (χ0) is 11.5. The molecule has 1 heterocycles. The molecule has 1 aliphatic heterocycles. The molecule has 0 spiro atoms. The van der Waals surface area contributed by atoms with E-state index in [1.807, 2.05) is 0 Å². The fraction of sp³-hybridized carbons (Fsp3) is 0.333. The Balaban J connectivity index is 1.79. The smallest absolute Gasteiger partial charge is 0.158 e. The first kappa shape index (κ1) is 10.8. The summed E-state index contributed by atoms with van der Waals surface area (Å²) in [4.78, 5) is 0. The number of benzene rings is 2. The van der Waals surface area contributed by atoms with Crippen molar-refractivity contribution in [1.82, 2.24) is 0 Å². The molecule has 88 valence electrons. The number of hydrogen-bond acceptors (Lipinski definition) is 2. The zero-order valence-corrected chi connectivity index (χ0v) is 9.76. The summed E-state index contributed by atoms with van der Waals surface area (Å²) in [6.07, 6.45) is 1.94. The van der Waals surface area contributed by atoms with Gasteiger partial charge in [-0.15, -0.1) is 0 Å². The van der Waals surface area contributed by atoms with E-state index in [4.69, 9.17) is 9.47 Å². The van der Waals surface area contributed by atoms with Crippen molar-refractivity contribution in [2.75, 3.05) is 13.2 Å². The second-order valence-electron chi connectivity index (χ2n) is 4.35. The Labute approximate surface area is 101 Å². The lowest BCUT2D eigenvalue weighted by Gasteiger charge is -2.10. The molecule has 3 rings (SSSR count). The summed E-state index contributed by atoms with van der Waals surface area (Å²) < 4.78 is 10.9. The zero-order valence-electron chi connectivity index (χ0n) is 9.76. The van der Waals surface area contributed by atoms with E-state index in [0.29, 0.717) is 0 Å². The molecule has 2 nitrogen and oxygen atoms in total. The highest BCUT2D eigenvalue weighted by Crippen LogP contribution is 2.21. The van der Waals surface area contributed by atoms with Crippen molar-refractivity contribution in [3.63, 3.8) is 0 Å². The van der Waals surface area contributed by atoms with Gasteiger partial charge in [-0.05, 0) is 22.8 Å². The van der Waals surface area contributed by atoms with Gasteiger partial charge >= 0.3 is 0 Å². The van der Waals surface area contributed by atoms with E-state index in [0.717, 1.165) is 26.1 Å². The van der Waals surface area contributed by atoms with E-state index in [1.165, 1.54) is 16.3 Å². The Hall–Kier alpha value is -1.38.